The number of benzene rings is 1. The van der Waals surface area contributed by atoms with E-state index in [2.05, 4.69) is 10.2 Å². The van der Waals surface area contributed by atoms with Crippen LogP contribution in [-0.2, 0) is 6.54 Å². The highest BCUT2D eigenvalue weighted by Gasteiger charge is 2.12. The standard InChI is InChI=1S/C12H16N4OS/c1-3-7-16-11(17)14-15-12(16)18-10-8(2)5-4-6-9(10)13/h4-6H,3,7,13H2,1-2H3,(H,14,17). The van der Waals surface area contributed by atoms with Gasteiger partial charge in [-0.2, -0.15) is 0 Å². The molecule has 18 heavy (non-hydrogen) atoms. The number of aromatic nitrogens is 3. The molecular weight excluding hydrogens is 248 g/mol. The molecule has 0 aliphatic carbocycles. The Hall–Kier alpha value is -1.69. The first-order valence-electron chi connectivity index (χ1n) is 5.81. The number of nitrogens with two attached hydrogens (primary N) is 1. The monoisotopic (exact) mass is 264 g/mol. The molecular formula is C12H16N4OS. The SMILES string of the molecule is CCCn1c(Sc2c(C)cccc2N)n[nH]c1=O. The van der Waals surface area contributed by atoms with Gasteiger partial charge in [0.15, 0.2) is 5.16 Å². The molecule has 0 fully saturated rings. The Labute approximate surface area is 109 Å². The van der Waals surface area contributed by atoms with Crippen LogP contribution in [0.4, 0.5) is 5.69 Å². The van der Waals surface area contributed by atoms with E-state index >= 15 is 0 Å². The molecule has 0 aliphatic rings. The third kappa shape index (κ3) is 2.43. The molecule has 0 aliphatic heterocycles. The van der Waals surface area contributed by atoms with Gasteiger partial charge in [-0.15, -0.1) is 5.10 Å². The number of nitrogens with zero attached hydrogens (tertiary/aromatic N) is 2. The van der Waals surface area contributed by atoms with Crippen LogP contribution < -0.4 is 11.4 Å². The van der Waals surface area contributed by atoms with Crippen molar-refractivity contribution in [3.63, 3.8) is 0 Å². The predicted octanol–water partition coefficient (Wildman–Crippen LogP) is 2.02. The van der Waals surface area contributed by atoms with Crippen LogP contribution in [0.2, 0.25) is 0 Å². The highest BCUT2D eigenvalue weighted by molar-refractivity contribution is 7.99. The van der Waals surface area contributed by atoms with Crippen molar-refractivity contribution in [3.05, 3.63) is 34.2 Å². The van der Waals surface area contributed by atoms with Crippen molar-refractivity contribution in [2.45, 2.75) is 36.9 Å². The van der Waals surface area contributed by atoms with Gasteiger partial charge in [0, 0.05) is 17.1 Å². The van der Waals surface area contributed by atoms with E-state index in [1.165, 1.54) is 11.8 Å². The van der Waals surface area contributed by atoms with Crippen molar-refractivity contribution >= 4 is 17.4 Å². The van der Waals surface area contributed by atoms with Gasteiger partial charge in [-0.25, -0.2) is 9.89 Å². The van der Waals surface area contributed by atoms with Gasteiger partial charge in [0.2, 0.25) is 0 Å². The Balaban J connectivity index is 2.37. The smallest absolute Gasteiger partial charge is 0.343 e. The van der Waals surface area contributed by atoms with Gasteiger partial charge < -0.3 is 5.73 Å². The molecule has 2 aromatic rings. The number of hydrogen-bond acceptors (Lipinski definition) is 4. The largest absolute Gasteiger partial charge is 0.398 e. The zero-order valence-electron chi connectivity index (χ0n) is 10.4. The fourth-order valence-corrected chi connectivity index (χ4v) is 2.68. The fourth-order valence-electron chi connectivity index (χ4n) is 1.71. The maximum Gasteiger partial charge on any atom is 0.343 e. The van der Waals surface area contributed by atoms with Crippen molar-refractivity contribution in [2.75, 3.05) is 5.73 Å². The Kier molecular flexibility index (Phi) is 3.76. The van der Waals surface area contributed by atoms with Gasteiger partial charge in [-0.3, -0.25) is 4.57 Å². The molecule has 0 saturated carbocycles. The van der Waals surface area contributed by atoms with Crippen LogP contribution in [0.15, 0.2) is 33.0 Å². The van der Waals surface area contributed by atoms with E-state index < -0.39 is 0 Å². The molecule has 0 atom stereocenters. The van der Waals surface area contributed by atoms with Crippen molar-refractivity contribution in [1.82, 2.24) is 14.8 Å². The molecule has 5 nitrogen and oxygen atoms in total. The summed E-state index contributed by atoms with van der Waals surface area (Å²) in [5, 5.41) is 7.18. The van der Waals surface area contributed by atoms with Crippen LogP contribution in [-0.4, -0.2) is 14.8 Å². The van der Waals surface area contributed by atoms with Crippen molar-refractivity contribution in [3.8, 4) is 0 Å². The highest BCUT2D eigenvalue weighted by Crippen LogP contribution is 2.32. The fraction of sp³-hybridized carbons (Fsp3) is 0.333. The number of H-pyrrole nitrogens is 1. The second kappa shape index (κ2) is 5.30. The lowest BCUT2D eigenvalue weighted by Crippen LogP contribution is -2.17. The summed E-state index contributed by atoms with van der Waals surface area (Å²) < 4.78 is 1.64. The van der Waals surface area contributed by atoms with Gasteiger partial charge in [-0.1, -0.05) is 19.1 Å². The highest BCUT2D eigenvalue weighted by atomic mass is 32.2. The van der Waals surface area contributed by atoms with Gasteiger partial charge >= 0.3 is 5.69 Å². The number of aryl methyl sites for hydroxylation is 1. The van der Waals surface area contributed by atoms with E-state index in [4.69, 9.17) is 5.73 Å². The lowest BCUT2D eigenvalue weighted by molar-refractivity contribution is 0.604. The topological polar surface area (TPSA) is 76.7 Å². The van der Waals surface area contributed by atoms with Crippen LogP contribution in [0.1, 0.15) is 18.9 Å². The molecule has 1 aromatic carbocycles. The van der Waals surface area contributed by atoms with Gasteiger partial charge in [0.05, 0.1) is 0 Å². The first-order chi connectivity index (χ1) is 8.63. The second-order valence-corrected chi connectivity index (χ2v) is 5.04. The van der Waals surface area contributed by atoms with E-state index in [9.17, 15) is 4.79 Å². The maximum absolute atomic E-state index is 11.6. The first kappa shape index (κ1) is 12.8. The van der Waals surface area contributed by atoms with Crippen molar-refractivity contribution in [2.24, 2.45) is 0 Å². The Morgan fingerprint density at radius 2 is 2.28 bits per heavy atom. The summed E-state index contributed by atoms with van der Waals surface area (Å²) in [6.45, 7) is 4.67. The van der Waals surface area contributed by atoms with Crippen molar-refractivity contribution < 1.29 is 0 Å². The molecule has 0 spiro atoms. The van der Waals surface area contributed by atoms with Crippen LogP contribution in [0.3, 0.4) is 0 Å². The first-order valence-corrected chi connectivity index (χ1v) is 6.63. The lowest BCUT2D eigenvalue weighted by Gasteiger charge is -2.08. The number of anilines is 1. The summed E-state index contributed by atoms with van der Waals surface area (Å²) >= 11 is 1.42. The van der Waals surface area contributed by atoms with E-state index in [0.717, 1.165) is 16.9 Å². The predicted molar refractivity (Wildman–Crippen MR) is 72.9 cm³/mol. The van der Waals surface area contributed by atoms with Gasteiger partial charge in [0.1, 0.15) is 0 Å². The molecule has 0 radical (unpaired) electrons. The van der Waals surface area contributed by atoms with Crippen LogP contribution in [0.5, 0.6) is 0 Å². The molecule has 0 bridgehead atoms. The zero-order chi connectivity index (χ0) is 13.1. The summed E-state index contributed by atoms with van der Waals surface area (Å²) in [7, 11) is 0. The minimum absolute atomic E-state index is 0.175. The molecule has 0 saturated heterocycles. The molecule has 1 aromatic heterocycles. The normalized spacial score (nSPS) is 10.8. The Morgan fingerprint density at radius 1 is 1.50 bits per heavy atom. The molecule has 0 unspecified atom stereocenters. The maximum atomic E-state index is 11.6. The molecule has 6 heteroatoms. The van der Waals surface area contributed by atoms with Gasteiger partial charge in [0.25, 0.3) is 0 Å². The number of nitrogens with one attached hydrogen (secondary N) is 1. The lowest BCUT2D eigenvalue weighted by atomic mass is 10.2. The number of rotatable bonds is 4. The molecule has 0 amide bonds. The van der Waals surface area contributed by atoms with Crippen LogP contribution in [0.25, 0.3) is 0 Å². The molecule has 2 rings (SSSR count). The number of aromatic amines is 1. The second-order valence-electron chi connectivity index (χ2n) is 4.06. The summed E-state index contributed by atoms with van der Waals surface area (Å²) in [4.78, 5) is 12.5. The number of nitrogen functional groups attached to an aromatic ring is 1. The Bertz CT molecular complexity index is 582. The summed E-state index contributed by atoms with van der Waals surface area (Å²) in [5.41, 5.74) is 7.57. The average Bonchev–Trinajstić information content (AvgIpc) is 2.67. The minimum Gasteiger partial charge on any atom is -0.398 e. The average molecular weight is 264 g/mol. The van der Waals surface area contributed by atoms with Crippen LogP contribution in [0, 0.1) is 6.92 Å². The van der Waals surface area contributed by atoms with E-state index in [1.54, 1.807) is 4.57 Å². The van der Waals surface area contributed by atoms with E-state index in [1.807, 2.05) is 32.0 Å². The molecule has 3 N–H and O–H groups in total. The third-order valence-corrected chi connectivity index (χ3v) is 3.86. The summed E-state index contributed by atoms with van der Waals surface area (Å²) in [5.74, 6) is 0. The summed E-state index contributed by atoms with van der Waals surface area (Å²) in [6, 6.07) is 5.76. The van der Waals surface area contributed by atoms with Crippen molar-refractivity contribution in [1.29, 1.82) is 0 Å². The van der Waals surface area contributed by atoms with Gasteiger partial charge in [-0.05, 0) is 36.7 Å². The quantitative estimate of drug-likeness (QED) is 0.828. The zero-order valence-corrected chi connectivity index (χ0v) is 11.3. The van der Waals surface area contributed by atoms with Crippen LogP contribution >= 0.6 is 11.8 Å². The molecule has 1 heterocycles. The minimum atomic E-state index is -0.175. The third-order valence-electron chi connectivity index (χ3n) is 2.61. The van der Waals surface area contributed by atoms with E-state index in [-0.39, 0.29) is 5.69 Å². The number of hydrogen-bond donors (Lipinski definition) is 2. The summed E-state index contributed by atoms with van der Waals surface area (Å²) in [6.07, 6.45) is 0.885. The molecule has 96 valence electrons. The Morgan fingerprint density at radius 3 is 2.94 bits per heavy atom. The van der Waals surface area contributed by atoms with E-state index in [0.29, 0.717) is 17.4 Å².